The first-order valence-corrected chi connectivity index (χ1v) is 11.3. The van der Waals surface area contributed by atoms with Crippen molar-refractivity contribution in [1.82, 2.24) is 0 Å². The maximum absolute atomic E-state index is 13.0. The van der Waals surface area contributed by atoms with E-state index in [9.17, 15) is 18.0 Å². The zero-order valence-electron chi connectivity index (χ0n) is 14.9. The number of benzene rings is 3. The third-order valence-electron chi connectivity index (χ3n) is 4.04. The molecule has 0 heterocycles. The number of anilines is 1. The molecular weight excluding hydrogens is 478 g/mol. The summed E-state index contributed by atoms with van der Waals surface area (Å²) >= 11 is 9.43. The second-order valence-electron chi connectivity index (χ2n) is 6.12. The molecule has 0 unspecified atom stereocenters. The highest BCUT2D eigenvalue weighted by Gasteiger charge is 2.22. The van der Waals surface area contributed by atoms with Gasteiger partial charge in [-0.1, -0.05) is 57.9 Å². The fourth-order valence-electron chi connectivity index (χ4n) is 2.67. The molecule has 0 saturated heterocycles. The Bertz CT molecular complexity index is 1180. The minimum absolute atomic E-state index is 0.0540. The predicted octanol–water partition coefficient (Wildman–Crippen LogP) is 4.75. The Kier molecular flexibility index (Phi) is 6.52. The summed E-state index contributed by atoms with van der Waals surface area (Å²) in [4.78, 5) is 25.4. The van der Waals surface area contributed by atoms with Gasteiger partial charge in [-0.25, -0.2) is 8.42 Å². The van der Waals surface area contributed by atoms with Crippen molar-refractivity contribution < 1.29 is 18.0 Å². The first-order valence-electron chi connectivity index (χ1n) is 8.44. The minimum atomic E-state index is -3.81. The molecule has 0 radical (unpaired) electrons. The van der Waals surface area contributed by atoms with Gasteiger partial charge in [0.1, 0.15) is 5.75 Å². The van der Waals surface area contributed by atoms with Crippen LogP contribution < -0.4 is 5.32 Å². The van der Waals surface area contributed by atoms with Crippen LogP contribution in [0.5, 0.6) is 0 Å². The topological polar surface area (TPSA) is 80.3 Å². The number of rotatable bonds is 6. The van der Waals surface area contributed by atoms with Gasteiger partial charge in [0, 0.05) is 15.6 Å². The number of ketones is 1. The SMILES string of the molecule is O=C(CS(=O)(=O)c1ccccc1)Nc1ccc(Br)cc1C(=O)c1ccccc1Cl. The lowest BCUT2D eigenvalue weighted by Crippen LogP contribution is -2.24. The van der Waals surface area contributed by atoms with E-state index in [4.69, 9.17) is 11.6 Å². The van der Waals surface area contributed by atoms with E-state index in [-0.39, 0.29) is 26.7 Å². The number of amides is 1. The molecule has 8 heteroatoms. The normalized spacial score (nSPS) is 11.1. The van der Waals surface area contributed by atoms with Crippen LogP contribution in [0.2, 0.25) is 5.02 Å². The van der Waals surface area contributed by atoms with Gasteiger partial charge in [0.05, 0.1) is 15.6 Å². The maximum Gasteiger partial charge on any atom is 0.239 e. The number of hydrogen-bond acceptors (Lipinski definition) is 4. The van der Waals surface area contributed by atoms with Crippen molar-refractivity contribution in [2.45, 2.75) is 4.90 Å². The van der Waals surface area contributed by atoms with Crippen molar-refractivity contribution in [3.8, 4) is 0 Å². The molecule has 0 atom stereocenters. The monoisotopic (exact) mass is 491 g/mol. The number of sulfone groups is 1. The van der Waals surface area contributed by atoms with E-state index in [0.717, 1.165) is 0 Å². The first-order chi connectivity index (χ1) is 13.8. The number of hydrogen-bond donors (Lipinski definition) is 1. The lowest BCUT2D eigenvalue weighted by atomic mass is 10.0. The average Bonchev–Trinajstić information content (AvgIpc) is 2.69. The largest absolute Gasteiger partial charge is 0.325 e. The number of carbonyl (C=O) groups is 2. The van der Waals surface area contributed by atoms with Gasteiger partial charge in [-0.15, -0.1) is 0 Å². The van der Waals surface area contributed by atoms with Gasteiger partial charge < -0.3 is 5.32 Å². The Morgan fingerprint density at radius 3 is 2.24 bits per heavy atom. The van der Waals surface area contributed by atoms with Crippen LogP contribution in [0.4, 0.5) is 5.69 Å². The van der Waals surface area contributed by atoms with Crippen molar-refractivity contribution in [2.24, 2.45) is 0 Å². The average molecular weight is 493 g/mol. The summed E-state index contributed by atoms with van der Waals surface area (Å²) in [7, 11) is -3.81. The highest BCUT2D eigenvalue weighted by Crippen LogP contribution is 2.27. The molecule has 0 aromatic heterocycles. The molecule has 0 aliphatic rings. The fourth-order valence-corrected chi connectivity index (χ4v) is 4.41. The lowest BCUT2D eigenvalue weighted by molar-refractivity contribution is -0.113. The standard InChI is InChI=1S/C21H15BrClNO4S/c22-14-10-11-19(17(12-14)21(26)16-8-4-5-9-18(16)23)24-20(25)13-29(27,28)15-6-2-1-3-7-15/h1-12H,13H2,(H,24,25). The van der Waals surface area contributed by atoms with Gasteiger partial charge in [0.2, 0.25) is 5.91 Å². The summed E-state index contributed by atoms with van der Waals surface area (Å²) in [6, 6.07) is 19.0. The third-order valence-corrected chi connectivity index (χ3v) is 6.50. The molecule has 0 bridgehead atoms. The highest BCUT2D eigenvalue weighted by atomic mass is 79.9. The molecule has 5 nitrogen and oxygen atoms in total. The van der Waals surface area contributed by atoms with Crippen molar-refractivity contribution in [2.75, 3.05) is 11.1 Å². The van der Waals surface area contributed by atoms with E-state index in [1.807, 2.05) is 0 Å². The zero-order chi connectivity index (χ0) is 21.0. The van der Waals surface area contributed by atoms with E-state index >= 15 is 0 Å². The zero-order valence-corrected chi connectivity index (χ0v) is 18.1. The van der Waals surface area contributed by atoms with Crippen molar-refractivity contribution in [3.63, 3.8) is 0 Å². The van der Waals surface area contributed by atoms with Gasteiger partial charge in [-0.2, -0.15) is 0 Å². The Morgan fingerprint density at radius 2 is 1.55 bits per heavy atom. The van der Waals surface area contributed by atoms with Crippen LogP contribution in [0, 0.1) is 0 Å². The van der Waals surface area contributed by atoms with Gasteiger partial charge in [-0.05, 0) is 42.5 Å². The lowest BCUT2D eigenvalue weighted by Gasteiger charge is -2.12. The van der Waals surface area contributed by atoms with E-state index in [2.05, 4.69) is 21.2 Å². The van der Waals surface area contributed by atoms with Crippen LogP contribution in [0.25, 0.3) is 0 Å². The third kappa shape index (κ3) is 5.12. The Hall–Kier alpha value is -2.48. The molecule has 29 heavy (non-hydrogen) atoms. The van der Waals surface area contributed by atoms with Crippen molar-refractivity contribution in [1.29, 1.82) is 0 Å². The van der Waals surface area contributed by atoms with Gasteiger partial charge in [0.15, 0.2) is 15.6 Å². The molecule has 0 aliphatic heterocycles. The highest BCUT2D eigenvalue weighted by molar-refractivity contribution is 9.10. The summed E-state index contributed by atoms with van der Waals surface area (Å²) in [5.74, 6) is -1.88. The predicted molar refractivity (Wildman–Crippen MR) is 116 cm³/mol. The second-order valence-corrected chi connectivity index (χ2v) is 9.43. The van der Waals surface area contributed by atoms with Crippen molar-refractivity contribution in [3.05, 3.63) is 93.4 Å². The quantitative estimate of drug-likeness (QED) is 0.504. The van der Waals surface area contributed by atoms with E-state index in [1.54, 1.807) is 54.6 Å². The summed E-state index contributed by atoms with van der Waals surface area (Å²) in [5, 5.41) is 2.81. The molecule has 0 spiro atoms. The molecular formula is C21H15BrClNO4S. The molecule has 0 aliphatic carbocycles. The van der Waals surface area contributed by atoms with Crippen LogP contribution in [0.3, 0.4) is 0 Å². The van der Waals surface area contributed by atoms with E-state index in [1.165, 1.54) is 18.2 Å². The number of halogens is 2. The van der Waals surface area contributed by atoms with E-state index < -0.39 is 27.3 Å². The number of nitrogens with one attached hydrogen (secondary N) is 1. The molecule has 1 amide bonds. The molecule has 1 N–H and O–H groups in total. The molecule has 0 saturated carbocycles. The maximum atomic E-state index is 13.0. The molecule has 3 rings (SSSR count). The Labute approximate surface area is 181 Å². The number of carbonyl (C=O) groups excluding carboxylic acids is 2. The molecule has 0 fully saturated rings. The van der Waals surface area contributed by atoms with Crippen LogP contribution in [-0.4, -0.2) is 25.9 Å². The van der Waals surface area contributed by atoms with Gasteiger partial charge >= 0.3 is 0 Å². The Balaban J connectivity index is 1.87. The smallest absolute Gasteiger partial charge is 0.239 e. The second kappa shape index (κ2) is 8.90. The van der Waals surface area contributed by atoms with Crippen LogP contribution in [0.15, 0.2) is 82.2 Å². The minimum Gasteiger partial charge on any atom is -0.325 e. The van der Waals surface area contributed by atoms with Gasteiger partial charge in [-0.3, -0.25) is 9.59 Å². The van der Waals surface area contributed by atoms with Crippen LogP contribution in [0.1, 0.15) is 15.9 Å². The van der Waals surface area contributed by atoms with Crippen LogP contribution >= 0.6 is 27.5 Å². The summed E-state index contributed by atoms with van der Waals surface area (Å²) in [6.45, 7) is 0. The fraction of sp³-hybridized carbons (Fsp3) is 0.0476. The summed E-state index contributed by atoms with van der Waals surface area (Å²) < 4.78 is 25.5. The molecule has 148 valence electrons. The summed E-state index contributed by atoms with van der Waals surface area (Å²) in [5.41, 5.74) is 0.670. The summed E-state index contributed by atoms with van der Waals surface area (Å²) in [6.07, 6.45) is 0. The first kappa shape index (κ1) is 21.2. The Morgan fingerprint density at radius 1 is 0.897 bits per heavy atom. The van der Waals surface area contributed by atoms with Crippen LogP contribution in [-0.2, 0) is 14.6 Å². The van der Waals surface area contributed by atoms with E-state index in [0.29, 0.717) is 4.47 Å². The molecule has 3 aromatic rings. The van der Waals surface area contributed by atoms with Gasteiger partial charge in [0.25, 0.3) is 0 Å². The molecule has 3 aromatic carbocycles. The van der Waals surface area contributed by atoms with Crippen molar-refractivity contribution >= 4 is 54.7 Å².